The summed E-state index contributed by atoms with van der Waals surface area (Å²) < 4.78 is 0. The van der Waals surface area contributed by atoms with Crippen LogP contribution in [0.3, 0.4) is 0 Å². The first kappa shape index (κ1) is 14.9. The minimum absolute atomic E-state index is 0.0812. The highest BCUT2D eigenvalue weighted by Gasteiger charge is 2.19. The Morgan fingerprint density at radius 3 is 2.56 bits per heavy atom. The van der Waals surface area contributed by atoms with Crippen LogP contribution in [0.4, 0.5) is 5.82 Å². The lowest BCUT2D eigenvalue weighted by Gasteiger charge is -2.18. The number of pyridine rings is 1. The van der Waals surface area contributed by atoms with E-state index in [1.165, 1.54) is 13.1 Å². The summed E-state index contributed by atoms with van der Waals surface area (Å²) in [5.41, 5.74) is 0.539. The van der Waals surface area contributed by atoms with E-state index in [4.69, 9.17) is 0 Å². The number of hydrogen-bond acceptors (Lipinski definition) is 6. The first-order chi connectivity index (χ1) is 8.41. The van der Waals surface area contributed by atoms with Gasteiger partial charge in [0, 0.05) is 38.5 Å². The smallest absolute Gasteiger partial charge is 0.185 e. The minimum Gasteiger partial charge on any atom is -0.389 e. The largest absolute Gasteiger partial charge is 0.389 e. The Balaban J connectivity index is 2.65. The Labute approximate surface area is 111 Å². The molecule has 0 aliphatic heterocycles. The summed E-state index contributed by atoms with van der Waals surface area (Å²) in [6.07, 6.45) is -0.478. The van der Waals surface area contributed by atoms with Crippen LogP contribution in [0.5, 0.6) is 0 Å². The standard InChI is InChI=1S/C12H18N2O3S/c1-8(15)18-7-10(16)12(17)9-4-5-11(13-6-9)14(2)3/h4-6,10,12,16-17H,7H2,1-3H3. The number of thioether (sulfide) groups is 1. The van der Waals surface area contributed by atoms with Gasteiger partial charge in [0.05, 0.1) is 6.10 Å². The molecule has 0 spiro atoms. The molecule has 2 unspecified atom stereocenters. The molecule has 0 amide bonds. The van der Waals surface area contributed by atoms with Gasteiger partial charge < -0.3 is 15.1 Å². The van der Waals surface area contributed by atoms with Gasteiger partial charge in [-0.25, -0.2) is 4.98 Å². The Bertz CT molecular complexity index is 395. The molecule has 0 bridgehead atoms. The number of carbonyl (C=O) groups excluding carboxylic acids is 1. The number of aliphatic hydroxyl groups excluding tert-OH is 2. The molecule has 0 saturated heterocycles. The highest BCUT2D eigenvalue weighted by atomic mass is 32.2. The number of aliphatic hydroxyl groups is 2. The van der Waals surface area contributed by atoms with E-state index in [1.807, 2.05) is 19.0 Å². The molecule has 0 saturated carbocycles. The second-order valence-electron chi connectivity index (χ2n) is 4.16. The molecule has 1 aromatic rings. The van der Waals surface area contributed by atoms with Crippen LogP contribution in [0.25, 0.3) is 0 Å². The Morgan fingerprint density at radius 2 is 2.11 bits per heavy atom. The van der Waals surface area contributed by atoms with Gasteiger partial charge in [-0.2, -0.15) is 0 Å². The summed E-state index contributed by atoms with van der Waals surface area (Å²) in [6.45, 7) is 1.43. The van der Waals surface area contributed by atoms with Crippen molar-refractivity contribution in [3.05, 3.63) is 23.9 Å². The van der Waals surface area contributed by atoms with E-state index < -0.39 is 12.2 Å². The van der Waals surface area contributed by atoms with Crippen LogP contribution in [-0.4, -0.2) is 46.3 Å². The molecular weight excluding hydrogens is 252 g/mol. The Hall–Kier alpha value is -1.11. The van der Waals surface area contributed by atoms with E-state index in [1.54, 1.807) is 12.1 Å². The highest BCUT2D eigenvalue weighted by molar-refractivity contribution is 8.13. The average Bonchev–Trinajstić information content (AvgIpc) is 2.35. The Kier molecular flexibility index (Phi) is 5.58. The van der Waals surface area contributed by atoms with Gasteiger partial charge in [0.15, 0.2) is 5.12 Å². The molecule has 0 aliphatic rings. The summed E-state index contributed by atoms with van der Waals surface area (Å²) in [4.78, 5) is 16.8. The highest BCUT2D eigenvalue weighted by Crippen LogP contribution is 2.20. The summed E-state index contributed by atoms with van der Waals surface area (Å²) in [7, 11) is 3.74. The minimum atomic E-state index is -1.03. The van der Waals surface area contributed by atoms with Gasteiger partial charge in [0.1, 0.15) is 11.9 Å². The molecule has 100 valence electrons. The van der Waals surface area contributed by atoms with E-state index in [-0.39, 0.29) is 10.9 Å². The molecule has 1 heterocycles. The predicted octanol–water partition coefficient (Wildman–Crippen LogP) is 0.822. The lowest BCUT2D eigenvalue weighted by atomic mass is 10.1. The fourth-order valence-electron chi connectivity index (χ4n) is 1.35. The van der Waals surface area contributed by atoms with E-state index in [2.05, 4.69) is 4.98 Å². The monoisotopic (exact) mass is 270 g/mol. The first-order valence-corrected chi connectivity index (χ1v) is 6.53. The molecule has 0 aliphatic carbocycles. The van der Waals surface area contributed by atoms with Gasteiger partial charge >= 0.3 is 0 Å². The van der Waals surface area contributed by atoms with Crippen LogP contribution >= 0.6 is 11.8 Å². The van der Waals surface area contributed by atoms with Gasteiger partial charge in [-0.1, -0.05) is 17.8 Å². The van der Waals surface area contributed by atoms with Crippen molar-refractivity contribution >= 4 is 22.7 Å². The van der Waals surface area contributed by atoms with Crippen molar-refractivity contribution in [2.75, 3.05) is 24.7 Å². The number of aromatic nitrogens is 1. The van der Waals surface area contributed by atoms with Crippen LogP contribution in [0.15, 0.2) is 18.3 Å². The maximum atomic E-state index is 10.8. The van der Waals surface area contributed by atoms with Crippen LogP contribution in [-0.2, 0) is 4.79 Å². The number of carbonyl (C=O) groups is 1. The first-order valence-electron chi connectivity index (χ1n) is 5.54. The molecule has 2 atom stereocenters. The van der Waals surface area contributed by atoms with Crippen molar-refractivity contribution in [2.24, 2.45) is 0 Å². The SMILES string of the molecule is CC(=O)SCC(O)C(O)c1ccc(N(C)C)nc1. The number of rotatable bonds is 5. The summed E-state index contributed by atoms with van der Waals surface area (Å²) in [5, 5.41) is 19.6. The maximum absolute atomic E-state index is 10.8. The lowest BCUT2D eigenvalue weighted by molar-refractivity contribution is -0.109. The molecule has 1 aromatic heterocycles. The van der Waals surface area contributed by atoms with E-state index in [9.17, 15) is 15.0 Å². The van der Waals surface area contributed by atoms with Gasteiger partial charge in [-0.3, -0.25) is 4.79 Å². The van der Waals surface area contributed by atoms with Gasteiger partial charge in [0.25, 0.3) is 0 Å². The molecule has 1 rings (SSSR count). The maximum Gasteiger partial charge on any atom is 0.185 e. The van der Waals surface area contributed by atoms with Crippen molar-refractivity contribution in [3.8, 4) is 0 Å². The molecular formula is C12H18N2O3S. The quantitative estimate of drug-likeness (QED) is 0.825. The second kappa shape index (κ2) is 6.72. The predicted molar refractivity (Wildman–Crippen MR) is 72.7 cm³/mol. The molecule has 6 heteroatoms. The third-order valence-electron chi connectivity index (χ3n) is 2.39. The molecule has 0 aromatic carbocycles. The molecule has 0 fully saturated rings. The van der Waals surface area contributed by atoms with Crippen LogP contribution in [0, 0.1) is 0 Å². The summed E-state index contributed by atoms with van der Waals surface area (Å²) >= 11 is 0.993. The zero-order valence-electron chi connectivity index (χ0n) is 10.7. The molecule has 5 nitrogen and oxygen atoms in total. The van der Waals surface area contributed by atoms with E-state index >= 15 is 0 Å². The lowest BCUT2D eigenvalue weighted by Crippen LogP contribution is -2.21. The number of nitrogens with zero attached hydrogens (tertiary/aromatic N) is 2. The van der Waals surface area contributed by atoms with Gasteiger partial charge in [-0.05, 0) is 6.07 Å². The summed E-state index contributed by atoms with van der Waals surface area (Å²) in [6, 6.07) is 3.48. The normalized spacial score (nSPS) is 14.1. The van der Waals surface area contributed by atoms with Gasteiger partial charge in [0.2, 0.25) is 0 Å². The van der Waals surface area contributed by atoms with Crippen molar-refractivity contribution in [1.29, 1.82) is 0 Å². The third kappa shape index (κ3) is 4.29. The van der Waals surface area contributed by atoms with E-state index in [0.717, 1.165) is 17.6 Å². The molecule has 2 N–H and O–H groups in total. The Morgan fingerprint density at radius 1 is 1.44 bits per heavy atom. The number of anilines is 1. The van der Waals surface area contributed by atoms with Crippen molar-refractivity contribution in [3.63, 3.8) is 0 Å². The zero-order valence-corrected chi connectivity index (χ0v) is 11.5. The summed E-state index contributed by atoms with van der Waals surface area (Å²) in [5.74, 6) is 0.949. The molecule has 18 heavy (non-hydrogen) atoms. The average molecular weight is 270 g/mol. The zero-order chi connectivity index (χ0) is 13.7. The third-order valence-corrected chi connectivity index (χ3v) is 3.31. The topological polar surface area (TPSA) is 73.7 Å². The van der Waals surface area contributed by atoms with Crippen molar-refractivity contribution in [1.82, 2.24) is 4.98 Å². The van der Waals surface area contributed by atoms with Crippen molar-refractivity contribution in [2.45, 2.75) is 19.1 Å². The van der Waals surface area contributed by atoms with E-state index in [0.29, 0.717) is 5.56 Å². The van der Waals surface area contributed by atoms with Crippen LogP contribution in [0.2, 0.25) is 0 Å². The second-order valence-corrected chi connectivity index (χ2v) is 5.36. The molecule has 0 radical (unpaired) electrons. The van der Waals surface area contributed by atoms with Crippen LogP contribution in [0.1, 0.15) is 18.6 Å². The van der Waals surface area contributed by atoms with Gasteiger partial charge in [-0.15, -0.1) is 0 Å². The van der Waals surface area contributed by atoms with Crippen LogP contribution < -0.4 is 4.90 Å². The van der Waals surface area contributed by atoms with Crippen molar-refractivity contribution < 1.29 is 15.0 Å². The fraction of sp³-hybridized carbons (Fsp3) is 0.500. The fourth-order valence-corrected chi connectivity index (χ4v) is 1.94. The number of hydrogen-bond donors (Lipinski definition) is 2.